The van der Waals surface area contributed by atoms with Gasteiger partial charge in [0.15, 0.2) is 20.4 Å². The molecule has 0 heterocycles. The minimum atomic E-state index is -0.545. The molecule has 35 heteroatoms. The van der Waals surface area contributed by atoms with Crippen molar-refractivity contribution in [2.24, 2.45) is 4.99 Å². The van der Waals surface area contributed by atoms with Gasteiger partial charge in [-0.15, -0.1) is 12.4 Å². The number of carbonyl (C=O) groups is 6. The van der Waals surface area contributed by atoms with Gasteiger partial charge in [0.1, 0.15) is 0 Å². The van der Waals surface area contributed by atoms with Crippen LogP contribution in [0, 0.1) is 20.2 Å². The zero-order valence-corrected chi connectivity index (χ0v) is 90.7. The highest BCUT2D eigenvalue weighted by atomic mass is 35.5. The molecule has 23 nitrogen and oxygen atoms in total. The number of nitro groups is 2. The van der Waals surface area contributed by atoms with Gasteiger partial charge >= 0.3 is 0 Å². The molecule has 0 radical (unpaired) electrons. The number of isothiocyanates is 1. The van der Waals surface area contributed by atoms with Crippen LogP contribution in [0.1, 0.15) is 253 Å². The standard InChI is InChI=1S/2C20H23ClN2OS.C18H18ClN3O3S.C18H20ClN3OS.C12H13NOS.C11H13ClO.C6H5ClN2O2.CH4.ClH/c2*1-5-13-6-11-17(16(21)12-13)22-19(25)23-18(24)14-7-9-15(10-8-14)20(2,3)4;1-18(2,3)12-6-4-11(5-7-12)16(23)21-17(26)20-15-9-8-13(22(24)25)10-14(15)19;1-18(2,3)12-6-4-11(5-7-12)16(23)22-17(24)21-15-9-8-13(20)10-14(15)19;1-12(2,3)10-6-4-9(5-7-10)11(14)13-8-15;1-11(2,3)9-6-4-8(5-7-9)10(12)13;7-5-3-4(9(10)11)1-2-6(5)8;;/h2*6-12H,5H2,1-4H3,(H2,22,23,24,25);4-10H,1-3H3,(H2,20,21,23,26);4-10H,20H2,1-3H3,(H2,21,22,23,24);4-7H,1-3H3;4-7H,1-3H3;1-3H,8H2;1H4;1H. The highest BCUT2D eigenvalue weighted by molar-refractivity contribution is 7.81. The summed E-state index contributed by atoms with van der Waals surface area (Å²) in [5.41, 5.74) is 26.9. The van der Waals surface area contributed by atoms with Crippen molar-refractivity contribution in [3.05, 3.63) is 360 Å². The fraction of sp³-hybridized carbons (Fsp3) is 0.274. The van der Waals surface area contributed by atoms with Crippen LogP contribution in [0.25, 0.3) is 0 Å². The Hall–Kier alpha value is -11.6. The van der Waals surface area contributed by atoms with E-state index in [9.17, 15) is 49.0 Å². The van der Waals surface area contributed by atoms with Gasteiger partial charge in [-0.25, -0.2) is 0 Å². The first-order valence-electron chi connectivity index (χ1n) is 43.3. The number of halogens is 7. The van der Waals surface area contributed by atoms with Crippen LogP contribution in [0.5, 0.6) is 0 Å². The molecule has 0 atom stereocenters. The minimum absolute atomic E-state index is 0. The number of aryl methyl sites for hydroxylation is 2. The maximum Gasteiger partial charge on any atom is 0.285 e. The highest BCUT2D eigenvalue weighted by Crippen LogP contribution is 2.33. The maximum absolute atomic E-state index is 12.3. The Labute approximate surface area is 890 Å². The molecule has 0 aromatic heterocycles. The number of benzene rings is 11. The summed E-state index contributed by atoms with van der Waals surface area (Å²) >= 11 is 60.5. The number of thiocarbonyl (C=S) groups is 5. The van der Waals surface area contributed by atoms with Crippen LogP contribution in [-0.4, -0.2) is 70.2 Å². The number of aliphatic imine (C=N–C) groups is 1. The second-order valence-corrected chi connectivity index (χ2v) is 41.5. The fourth-order valence-electron chi connectivity index (χ4n) is 11.9. The highest BCUT2D eigenvalue weighted by Gasteiger charge is 2.23. The summed E-state index contributed by atoms with van der Waals surface area (Å²) in [5.74, 6) is -1.48. The number of anilines is 6. The van der Waals surface area contributed by atoms with Crippen LogP contribution >= 0.6 is 143 Å². The Morgan fingerprint density at radius 1 is 0.340 bits per heavy atom. The largest absolute Gasteiger partial charge is 0.399 e. The minimum Gasteiger partial charge on any atom is -0.399 e. The number of nitrogens with two attached hydrogens (primary N) is 2. The molecule has 0 spiro atoms. The van der Waals surface area contributed by atoms with Crippen molar-refractivity contribution in [3.8, 4) is 0 Å². The lowest BCUT2D eigenvalue weighted by Gasteiger charge is -2.19. The zero-order valence-electron chi connectivity index (χ0n) is 81.2. The number of hydrogen-bond acceptors (Lipinski definition) is 17. The van der Waals surface area contributed by atoms with Crippen LogP contribution < -0.4 is 54.0 Å². The molecule has 0 saturated carbocycles. The van der Waals surface area contributed by atoms with Crippen molar-refractivity contribution in [2.45, 2.75) is 191 Å². The smallest absolute Gasteiger partial charge is 0.285 e. The Bertz CT molecular complexity index is 6160. The van der Waals surface area contributed by atoms with E-state index in [1.165, 1.54) is 58.7 Å². The van der Waals surface area contributed by atoms with Gasteiger partial charge < -0.3 is 32.7 Å². The summed E-state index contributed by atoms with van der Waals surface area (Å²) in [6.45, 7) is 42.3. The molecular formula is C106H120Cl7N13O10S5. The molecule has 11 rings (SSSR count). The molecule has 11 aromatic rings. The number of nitrogens with zero attached hydrogens (tertiary/aromatic N) is 3. The van der Waals surface area contributed by atoms with Crippen LogP contribution in [-0.2, 0) is 45.3 Å². The summed E-state index contributed by atoms with van der Waals surface area (Å²) < 4.78 is 0. The van der Waals surface area contributed by atoms with Gasteiger partial charge in [0.05, 0.1) is 68.6 Å². The molecule has 5 amide bonds. The van der Waals surface area contributed by atoms with Crippen molar-refractivity contribution in [1.29, 1.82) is 0 Å². The molecule has 748 valence electrons. The normalized spacial score (nSPS) is 10.7. The summed E-state index contributed by atoms with van der Waals surface area (Å²) in [5, 5.41) is 47.3. The van der Waals surface area contributed by atoms with E-state index in [2.05, 4.69) is 203 Å². The van der Waals surface area contributed by atoms with E-state index < -0.39 is 15.1 Å². The van der Waals surface area contributed by atoms with Crippen molar-refractivity contribution < 1.29 is 38.6 Å². The molecule has 0 bridgehead atoms. The van der Waals surface area contributed by atoms with Gasteiger partial charge in [-0.3, -0.25) is 70.3 Å². The lowest BCUT2D eigenvalue weighted by Crippen LogP contribution is -2.34. The first-order chi connectivity index (χ1) is 64.6. The predicted molar refractivity (Wildman–Crippen MR) is 607 cm³/mol. The quantitative estimate of drug-likeness (QED) is 0.0121. The van der Waals surface area contributed by atoms with E-state index in [1.807, 2.05) is 133 Å². The van der Waals surface area contributed by atoms with E-state index in [-0.39, 0.29) is 124 Å². The number of carbonyl (C=O) groups excluding carboxylic acids is 6. The number of nitrogen functional groups attached to an aromatic ring is 2. The van der Waals surface area contributed by atoms with Crippen LogP contribution in [0.3, 0.4) is 0 Å². The fourth-order valence-corrected chi connectivity index (χ4v) is 14.0. The van der Waals surface area contributed by atoms with Crippen molar-refractivity contribution >= 4 is 249 Å². The molecule has 0 aliphatic carbocycles. The van der Waals surface area contributed by atoms with Gasteiger partial charge in [-0.05, 0) is 290 Å². The van der Waals surface area contributed by atoms with Crippen LogP contribution in [0.4, 0.5) is 45.5 Å². The Morgan fingerprint density at radius 2 is 0.567 bits per heavy atom. The Balaban J connectivity index is 0.000000430. The summed E-state index contributed by atoms with van der Waals surface area (Å²) in [4.78, 5) is 94.5. The molecule has 0 saturated heterocycles. The first-order valence-corrected chi connectivity index (χ1v) is 47.6. The first kappa shape index (κ1) is 124. The van der Waals surface area contributed by atoms with Crippen molar-refractivity contribution in [2.75, 3.05) is 32.7 Å². The molecular weight excluding hydrogens is 2020 g/mol. The van der Waals surface area contributed by atoms with Gasteiger partial charge in [0, 0.05) is 63.3 Å². The number of amides is 5. The van der Waals surface area contributed by atoms with E-state index >= 15 is 0 Å². The van der Waals surface area contributed by atoms with Gasteiger partial charge in [-0.1, -0.05) is 289 Å². The molecule has 0 fully saturated rings. The van der Waals surface area contributed by atoms with E-state index in [1.54, 1.807) is 66.7 Å². The lowest BCUT2D eigenvalue weighted by molar-refractivity contribution is -0.385. The average Bonchev–Trinajstić information content (AvgIpc) is 0.863. The number of rotatable bonds is 14. The summed E-state index contributed by atoms with van der Waals surface area (Å²) in [6.07, 6.45) is 1.82. The van der Waals surface area contributed by atoms with Gasteiger partial charge in [-0.2, -0.15) is 4.99 Å². The number of nitrogens with one attached hydrogen (secondary N) is 8. The Morgan fingerprint density at radius 3 is 0.787 bits per heavy atom. The molecule has 0 unspecified atom stereocenters. The number of nitro benzene ring substituents is 2. The van der Waals surface area contributed by atoms with E-state index in [0.29, 0.717) is 82.6 Å². The van der Waals surface area contributed by atoms with Crippen LogP contribution in [0.15, 0.2) is 242 Å². The number of non-ortho nitro benzene ring substituents is 2. The summed E-state index contributed by atoms with van der Waals surface area (Å²) in [7, 11) is 0. The third-order valence-corrected chi connectivity index (χ3v) is 23.0. The predicted octanol–water partition coefficient (Wildman–Crippen LogP) is 29.2. The average molecular weight is 2140 g/mol. The number of hydrogen-bond donors (Lipinski definition) is 10. The van der Waals surface area contributed by atoms with Crippen molar-refractivity contribution in [1.82, 2.24) is 21.3 Å². The Kier molecular flexibility index (Phi) is 49.4. The van der Waals surface area contributed by atoms with Crippen molar-refractivity contribution in [3.63, 3.8) is 0 Å². The lowest BCUT2D eigenvalue weighted by atomic mass is 9.86. The molecule has 141 heavy (non-hydrogen) atoms. The zero-order chi connectivity index (χ0) is 105. The molecule has 12 N–H and O–H groups in total. The molecule has 0 aliphatic rings. The van der Waals surface area contributed by atoms with Gasteiger partial charge in [0.2, 0.25) is 0 Å². The monoisotopic (exact) mass is 2140 g/mol. The van der Waals surface area contributed by atoms with E-state index in [4.69, 9.17) is 130 Å². The second-order valence-electron chi connectivity index (χ2n) is 37.3. The van der Waals surface area contributed by atoms with E-state index in [0.717, 1.165) is 35.1 Å². The third-order valence-electron chi connectivity index (χ3n) is 20.3. The second kappa shape index (κ2) is 56.3. The summed E-state index contributed by atoms with van der Waals surface area (Å²) in [6, 6.07) is 68.9. The molecule has 0 aliphatic heterocycles. The maximum atomic E-state index is 12.3. The topological polar surface area (TPSA) is 349 Å². The SMILES string of the molecule is C.CC(C)(C)c1ccc(C(=O)Cl)cc1.CC(C)(C)c1ccc(C(=O)N=C=S)cc1.CC(C)(C)c1ccc(C(=O)NC(=S)Nc2ccc(N)cc2Cl)cc1.CC(C)(C)c1ccc(C(=O)NC(=S)Nc2ccc([N+](=O)[O-])cc2Cl)cc1.CCc1ccc(NC(=S)NC(=O)c2ccc(C(C)(C)C)cc2)c(Cl)c1.CCc1ccc(NC(=S)NC(=O)c2ccc(C(C)(C)C)cc2)c(Cl)c1.Cl.Nc1ccc([N+](=O)[O-])cc1Cl. The van der Waals surface area contributed by atoms with Crippen LogP contribution in [0.2, 0.25) is 25.1 Å². The van der Waals surface area contributed by atoms with Gasteiger partial charge in [0.25, 0.3) is 46.2 Å². The molecule has 11 aromatic carbocycles. The third kappa shape index (κ3) is 42.2.